The van der Waals surface area contributed by atoms with E-state index in [0.29, 0.717) is 38.8 Å². The maximum absolute atomic E-state index is 14.4. The Kier molecular flexibility index (Phi) is 7.59. The fourth-order valence-corrected chi connectivity index (χ4v) is 12.9. The lowest BCUT2D eigenvalue weighted by atomic mass is 9.42. The molecule has 1 aromatic carbocycles. The summed E-state index contributed by atoms with van der Waals surface area (Å²) in [6, 6.07) is 6.13. The number of likely N-dealkylation sites (N-methyl/N-ethyl adjacent to an activating group) is 1. The summed E-state index contributed by atoms with van der Waals surface area (Å²) in [5, 5.41) is 13.6. The number of aliphatic hydroxyl groups is 1. The summed E-state index contributed by atoms with van der Waals surface area (Å²) in [4.78, 5) is 57.7. The number of Topliss-reactive ketones (excluding diaryl/α,β-unsaturated/α-hetero) is 1. The zero-order valence-electron chi connectivity index (χ0n) is 29.2. The number of anilines is 1. The van der Waals surface area contributed by atoms with Crippen molar-refractivity contribution in [1.82, 2.24) is 4.90 Å². The third kappa shape index (κ3) is 3.75. The number of amides is 2. The van der Waals surface area contributed by atoms with Gasteiger partial charge >= 0.3 is 5.97 Å². The van der Waals surface area contributed by atoms with Gasteiger partial charge in [0.25, 0.3) is 0 Å². The van der Waals surface area contributed by atoms with Crippen LogP contribution in [0.5, 0.6) is 0 Å². The molecule has 49 heavy (non-hydrogen) atoms. The highest BCUT2D eigenvalue weighted by atomic mass is 16.5. The van der Waals surface area contributed by atoms with Crippen molar-refractivity contribution in [1.29, 1.82) is 0 Å². The highest BCUT2D eigenvalue weighted by Gasteiger charge is 2.92. The lowest BCUT2D eigenvalue weighted by Gasteiger charge is -2.69. The molecule has 7 aliphatic rings. The van der Waals surface area contributed by atoms with E-state index in [-0.39, 0.29) is 65.7 Å². The molecule has 12 heteroatoms. The first kappa shape index (κ1) is 33.4. The van der Waals surface area contributed by atoms with Crippen LogP contribution in [-0.4, -0.2) is 117 Å². The van der Waals surface area contributed by atoms with Crippen LogP contribution in [0.1, 0.15) is 56.3 Å². The van der Waals surface area contributed by atoms with Gasteiger partial charge in [0.2, 0.25) is 11.8 Å². The second kappa shape index (κ2) is 11.1. The number of carbonyl (C=O) groups excluding carboxylic acids is 4. The van der Waals surface area contributed by atoms with Crippen LogP contribution in [-0.2, 0) is 38.1 Å². The number of para-hydroxylation sites is 1. The lowest BCUT2D eigenvalue weighted by Crippen LogP contribution is -2.82. The van der Waals surface area contributed by atoms with Gasteiger partial charge in [0.15, 0.2) is 0 Å². The van der Waals surface area contributed by atoms with Gasteiger partial charge in [0.05, 0.1) is 48.1 Å². The molecule has 12 nitrogen and oxygen atoms in total. The molecule has 8 rings (SSSR count). The average molecular weight is 681 g/mol. The van der Waals surface area contributed by atoms with E-state index in [1.54, 1.807) is 59.6 Å². The molecule has 2 aliphatic heterocycles. The number of fused-ring (bicyclic) bond motifs is 2. The Morgan fingerprint density at radius 1 is 1.06 bits per heavy atom. The molecule has 0 aromatic heterocycles. The van der Waals surface area contributed by atoms with Crippen LogP contribution < -0.4 is 4.90 Å². The van der Waals surface area contributed by atoms with Crippen LogP contribution in [0.25, 0.3) is 0 Å². The van der Waals surface area contributed by atoms with E-state index >= 15 is 0 Å². The zero-order valence-corrected chi connectivity index (χ0v) is 29.2. The molecule has 0 unspecified atom stereocenters. The van der Waals surface area contributed by atoms with Crippen molar-refractivity contribution >= 4 is 29.3 Å². The van der Waals surface area contributed by atoms with E-state index in [1.165, 1.54) is 0 Å². The zero-order chi connectivity index (χ0) is 34.8. The molecule has 2 amide bonds. The van der Waals surface area contributed by atoms with Crippen molar-refractivity contribution in [2.24, 2.45) is 40.4 Å². The molecule has 13 atom stereocenters. The number of benzene rings is 1. The van der Waals surface area contributed by atoms with Crippen molar-refractivity contribution in [3.8, 4) is 0 Å². The van der Waals surface area contributed by atoms with Gasteiger partial charge in [-0.2, -0.15) is 0 Å². The molecule has 266 valence electrons. The summed E-state index contributed by atoms with van der Waals surface area (Å²) in [6.07, 6.45) is 0.923. The highest BCUT2D eigenvalue weighted by Crippen LogP contribution is 2.80. The first-order chi connectivity index (χ1) is 23.5. The SMILES string of the molecule is CCN1C[C@]2(COC(=O)c3ccccc3N3C(=O)C[C@H](C)C3=O)CC[C@H](OC)[C@@]34[C@@H]5C[C@H]6C(=O)[C@@H]5[C@](OC)(C[C@@H]6OC)[C@@](O)([C@@H](OC)[C@H]23)[C@@H]14. The van der Waals surface area contributed by atoms with E-state index in [9.17, 15) is 24.3 Å². The Morgan fingerprint density at radius 3 is 2.45 bits per heavy atom. The van der Waals surface area contributed by atoms with E-state index in [4.69, 9.17) is 23.7 Å². The monoisotopic (exact) mass is 680 g/mol. The predicted octanol–water partition coefficient (Wildman–Crippen LogP) is 2.24. The first-order valence-corrected chi connectivity index (χ1v) is 17.7. The Hall–Kier alpha value is -2.74. The van der Waals surface area contributed by atoms with Crippen molar-refractivity contribution in [3.63, 3.8) is 0 Å². The molecule has 1 N–H and O–H groups in total. The van der Waals surface area contributed by atoms with Crippen molar-refractivity contribution in [2.45, 2.75) is 81.5 Å². The fourth-order valence-electron chi connectivity index (χ4n) is 12.9. The van der Waals surface area contributed by atoms with Gasteiger partial charge in [0.1, 0.15) is 17.0 Å². The number of piperidine rings is 1. The smallest absolute Gasteiger partial charge is 0.340 e. The predicted molar refractivity (Wildman–Crippen MR) is 173 cm³/mol. The highest BCUT2D eigenvalue weighted by molar-refractivity contribution is 6.22. The minimum absolute atomic E-state index is 0.0237. The molecule has 0 radical (unpaired) electrons. The van der Waals surface area contributed by atoms with Crippen LogP contribution >= 0.6 is 0 Å². The number of hydrogen-bond acceptors (Lipinski definition) is 11. The number of rotatable bonds is 9. The molecule has 7 bridgehead atoms. The quantitative estimate of drug-likeness (QED) is 0.303. The first-order valence-electron chi connectivity index (χ1n) is 17.7. The van der Waals surface area contributed by atoms with Gasteiger partial charge in [-0.25, -0.2) is 9.69 Å². The van der Waals surface area contributed by atoms with Gasteiger partial charge in [0, 0.05) is 76.4 Å². The van der Waals surface area contributed by atoms with Crippen LogP contribution in [0, 0.1) is 40.4 Å². The number of ether oxygens (including phenoxy) is 5. The number of esters is 1. The number of imide groups is 1. The van der Waals surface area contributed by atoms with E-state index in [0.717, 1.165) is 4.90 Å². The number of carbonyl (C=O) groups is 4. The maximum Gasteiger partial charge on any atom is 0.340 e. The molecule has 2 heterocycles. The van der Waals surface area contributed by atoms with Crippen molar-refractivity contribution in [2.75, 3.05) is 53.0 Å². The Bertz CT molecular complexity index is 1600. The number of methoxy groups -OCH3 is 4. The molecule has 7 fully saturated rings. The molecule has 1 aromatic rings. The average Bonchev–Trinajstić information content (AvgIpc) is 3.57. The fraction of sp³-hybridized carbons (Fsp3) is 0.730. The Labute approximate surface area is 286 Å². The van der Waals surface area contributed by atoms with E-state index < -0.39 is 58.1 Å². The van der Waals surface area contributed by atoms with E-state index in [1.807, 2.05) is 0 Å². The summed E-state index contributed by atoms with van der Waals surface area (Å²) >= 11 is 0. The number of nitrogens with zero attached hydrogens (tertiary/aromatic N) is 2. The van der Waals surface area contributed by atoms with Gasteiger partial charge < -0.3 is 28.8 Å². The summed E-state index contributed by atoms with van der Waals surface area (Å²) in [5.74, 6) is -3.08. The maximum atomic E-state index is 14.4. The second-order valence-corrected chi connectivity index (χ2v) is 15.7. The number of likely N-dealkylation sites (tertiary alicyclic amines) is 1. The molecule has 1 spiro atoms. The van der Waals surface area contributed by atoms with Crippen molar-refractivity contribution in [3.05, 3.63) is 29.8 Å². The summed E-state index contributed by atoms with van der Waals surface area (Å²) in [7, 11) is 6.56. The third-order valence-corrected chi connectivity index (χ3v) is 14.4. The van der Waals surface area contributed by atoms with Crippen LogP contribution in [0.4, 0.5) is 5.69 Å². The third-order valence-electron chi connectivity index (χ3n) is 14.4. The van der Waals surface area contributed by atoms with Gasteiger partial charge in [-0.1, -0.05) is 26.0 Å². The largest absolute Gasteiger partial charge is 0.461 e. The Morgan fingerprint density at radius 2 is 1.82 bits per heavy atom. The number of ketones is 1. The van der Waals surface area contributed by atoms with Gasteiger partial charge in [-0.05, 0) is 43.9 Å². The van der Waals surface area contributed by atoms with Crippen LogP contribution in [0.3, 0.4) is 0 Å². The number of hydrogen-bond donors (Lipinski definition) is 1. The lowest BCUT2D eigenvalue weighted by molar-refractivity contribution is -0.307. The molecule has 2 saturated heterocycles. The topological polar surface area (TPSA) is 141 Å². The minimum Gasteiger partial charge on any atom is -0.461 e. The molecular weight excluding hydrogens is 632 g/mol. The summed E-state index contributed by atoms with van der Waals surface area (Å²) in [5.41, 5.74) is -3.86. The summed E-state index contributed by atoms with van der Waals surface area (Å²) < 4.78 is 31.6. The Balaban J connectivity index is 1.24. The normalized spacial score (nSPS) is 46.5. The van der Waals surface area contributed by atoms with E-state index in [2.05, 4.69) is 11.8 Å². The standard InChI is InChI=1S/C37H48N2O10/c1-7-38-17-34(18-49-32(43)20-10-8-9-11-23(20)39-26(40)14-19(2)31(39)42)13-12-25(46-4)36-22-15-21-24(45-3)16-35(48-6,27(22)28(21)41)37(44,33(36)38)30(47-5)29(34)36/h8-11,19,21-22,24-25,27,29-30,33,44H,7,12-18H2,1-6H3/t19-,21+,22+,24-,25-,27+,29+,30-,33-,34-,35+,36-,37+/m0/s1. The minimum atomic E-state index is -1.60. The van der Waals surface area contributed by atoms with Crippen LogP contribution in [0.15, 0.2) is 24.3 Å². The second-order valence-electron chi connectivity index (χ2n) is 15.7. The summed E-state index contributed by atoms with van der Waals surface area (Å²) in [6.45, 7) is 4.94. The van der Waals surface area contributed by atoms with Crippen LogP contribution in [0.2, 0.25) is 0 Å². The van der Waals surface area contributed by atoms with Crippen molar-refractivity contribution < 1.29 is 48.0 Å². The van der Waals surface area contributed by atoms with Gasteiger partial charge in [-0.15, -0.1) is 0 Å². The van der Waals surface area contributed by atoms with Gasteiger partial charge in [-0.3, -0.25) is 19.3 Å². The molecule has 5 saturated carbocycles. The molecular formula is C37H48N2O10. The molecule has 5 aliphatic carbocycles.